The molecular formula is C20H32O5. The summed E-state index contributed by atoms with van der Waals surface area (Å²) in [5, 5.41) is 0. The van der Waals surface area contributed by atoms with Gasteiger partial charge in [-0.05, 0) is 31.4 Å². The van der Waals surface area contributed by atoms with Gasteiger partial charge in [-0.15, -0.1) is 0 Å². The summed E-state index contributed by atoms with van der Waals surface area (Å²) in [6.45, 7) is 6.55. The Morgan fingerprint density at radius 2 is 1.68 bits per heavy atom. The first-order valence-corrected chi connectivity index (χ1v) is 8.99. The first kappa shape index (κ1) is 21.1. The van der Waals surface area contributed by atoms with E-state index in [2.05, 4.69) is 13.8 Å². The maximum atomic E-state index is 12.6. The molecule has 0 radical (unpaired) electrons. The maximum Gasteiger partial charge on any atom is 0.313 e. The van der Waals surface area contributed by atoms with E-state index in [0.29, 0.717) is 35.3 Å². The summed E-state index contributed by atoms with van der Waals surface area (Å²) in [5.74, 6) is 1.27. The monoisotopic (exact) mass is 352 g/mol. The average Bonchev–Trinajstić information content (AvgIpc) is 2.65. The minimum Gasteiger partial charge on any atom is -0.496 e. The lowest BCUT2D eigenvalue weighted by atomic mass is 9.97. The summed E-state index contributed by atoms with van der Waals surface area (Å²) in [4.78, 5) is 12.6. The summed E-state index contributed by atoms with van der Waals surface area (Å²) in [7, 11) is 4.69. The van der Waals surface area contributed by atoms with E-state index in [-0.39, 0.29) is 5.97 Å². The molecule has 0 aliphatic heterocycles. The summed E-state index contributed by atoms with van der Waals surface area (Å²) in [5.41, 5.74) is 0.649. The van der Waals surface area contributed by atoms with Gasteiger partial charge in [0.05, 0.1) is 39.4 Å². The van der Waals surface area contributed by atoms with Crippen molar-refractivity contribution in [1.82, 2.24) is 0 Å². The molecular weight excluding hydrogens is 320 g/mol. The topological polar surface area (TPSA) is 54.0 Å². The summed E-state index contributed by atoms with van der Waals surface area (Å²) in [6, 6.07) is 3.54. The second-order valence-electron chi connectivity index (χ2n) is 6.19. The van der Waals surface area contributed by atoms with Crippen LogP contribution in [-0.2, 0) is 9.53 Å². The van der Waals surface area contributed by atoms with Gasteiger partial charge in [-0.25, -0.2) is 0 Å². The fourth-order valence-corrected chi connectivity index (χ4v) is 2.86. The molecule has 0 bridgehead atoms. The van der Waals surface area contributed by atoms with Crippen molar-refractivity contribution in [3.8, 4) is 17.2 Å². The van der Waals surface area contributed by atoms with Crippen LogP contribution < -0.4 is 14.2 Å². The van der Waals surface area contributed by atoms with Crippen LogP contribution in [0, 0.1) is 5.92 Å². The smallest absolute Gasteiger partial charge is 0.313 e. The van der Waals surface area contributed by atoms with Gasteiger partial charge < -0.3 is 18.9 Å². The molecule has 0 fully saturated rings. The van der Waals surface area contributed by atoms with Crippen LogP contribution in [0.3, 0.4) is 0 Å². The number of rotatable bonds is 11. The molecule has 0 heterocycles. The molecule has 2 atom stereocenters. The molecule has 5 nitrogen and oxygen atoms in total. The van der Waals surface area contributed by atoms with Crippen molar-refractivity contribution in [3.63, 3.8) is 0 Å². The Bertz CT molecular complexity index is 541. The predicted molar refractivity (Wildman–Crippen MR) is 98.8 cm³/mol. The summed E-state index contributed by atoms with van der Waals surface area (Å²) < 4.78 is 21.8. The highest BCUT2D eigenvalue weighted by Gasteiger charge is 2.27. The zero-order valence-electron chi connectivity index (χ0n) is 16.4. The van der Waals surface area contributed by atoms with Gasteiger partial charge in [0, 0.05) is 0 Å². The van der Waals surface area contributed by atoms with Crippen LogP contribution >= 0.6 is 0 Å². The van der Waals surface area contributed by atoms with Crippen molar-refractivity contribution in [2.75, 3.05) is 27.9 Å². The second kappa shape index (κ2) is 10.9. The first-order chi connectivity index (χ1) is 12.0. The Morgan fingerprint density at radius 1 is 1.04 bits per heavy atom. The van der Waals surface area contributed by atoms with Crippen LogP contribution in [-0.4, -0.2) is 33.9 Å². The van der Waals surface area contributed by atoms with Gasteiger partial charge in [-0.2, -0.15) is 0 Å². The molecule has 0 aromatic heterocycles. The number of ether oxygens (including phenoxy) is 4. The van der Waals surface area contributed by atoms with Crippen LogP contribution in [0.25, 0.3) is 0 Å². The molecule has 0 amide bonds. The van der Waals surface area contributed by atoms with Crippen LogP contribution in [0.15, 0.2) is 12.1 Å². The number of benzene rings is 1. The van der Waals surface area contributed by atoms with Gasteiger partial charge in [-0.1, -0.05) is 33.1 Å². The third-order valence-corrected chi connectivity index (χ3v) is 4.56. The number of unbranched alkanes of at least 4 members (excludes halogenated alkanes) is 1. The number of esters is 1. The van der Waals surface area contributed by atoms with Gasteiger partial charge in [0.15, 0.2) is 11.5 Å². The Hall–Kier alpha value is -1.91. The molecule has 25 heavy (non-hydrogen) atoms. The standard InChI is InChI=1S/C20H32O5/c1-7-9-10-15(8-2)13-25-20(21)14(3)18-16(22-4)11-12-17(23-5)19(18)24-6/h11-12,14-15H,7-10,13H2,1-6H3. The molecule has 5 heteroatoms. The molecule has 0 saturated carbocycles. The van der Waals surface area contributed by atoms with E-state index in [9.17, 15) is 4.79 Å². The van der Waals surface area contributed by atoms with Gasteiger partial charge in [-0.3, -0.25) is 4.79 Å². The quantitative estimate of drug-likeness (QED) is 0.546. The number of carbonyl (C=O) groups excluding carboxylic acids is 1. The van der Waals surface area contributed by atoms with E-state index >= 15 is 0 Å². The lowest BCUT2D eigenvalue weighted by Crippen LogP contribution is -2.19. The third kappa shape index (κ3) is 5.55. The molecule has 0 saturated heterocycles. The molecule has 0 spiro atoms. The number of carbonyl (C=O) groups is 1. The molecule has 142 valence electrons. The third-order valence-electron chi connectivity index (χ3n) is 4.56. The van der Waals surface area contributed by atoms with Gasteiger partial charge in [0.2, 0.25) is 0 Å². The zero-order valence-corrected chi connectivity index (χ0v) is 16.4. The SMILES string of the molecule is CCCCC(CC)COC(=O)C(C)c1c(OC)ccc(OC)c1OC. The Balaban J connectivity index is 2.94. The zero-order chi connectivity index (χ0) is 18.8. The van der Waals surface area contributed by atoms with Crippen molar-refractivity contribution < 1.29 is 23.7 Å². The van der Waals surface area contributed by atoms with E-state index in [1.165, 1.54) is 0 Å². The Labute approximate surface area is 151 Å². The molecule has 1 aromatic carbocycles. The average molecular weight is 352 g/mol. The minimum absolute atomic E-state index is 0.278. The van der Waals surface area contributed by atoms with E-state index in [0.717, 1.165) is 25.7 Å². The second-order valence-corrected chi connectivity index (χ2v) is 6.19. The molecule has 1 aromatic rings. The van der Waals surface area contributed by atoms with Crippen LogP contribution in [0.1, 0.15) is 57.9 Å². The largest absolute Gasteiger partial charge is 0.496 e. The van der Waals surface area contributed by atoms with Crippen molar-refractivity contribution in [1.29, 1.82) is 0 Å². The van der Waals surface area contributed by atoms with E-state index in [4.69, 9.17) is 18.9 Å². The fraction of sp³-hybridized carbons (Fsp3) is 0.650. The van der Waals surface area contributed by atoms with Crippen molar-refractivity contribution in [2.24, 2.45) is 5.92 Å². The van der Waals surface area contributed by atoms with Crippen LogP contribution in [0.4, 0.5) is 0 Å². The minimum atomic E-state index is -0.510. The first-order valence-electron chi connectivity index (χ1n) is 8.99. The highest BCUT2D eigenvalue weighted by atomic mass is 16.5. The molecule has 0 aliphatic carbocycles. The highest BCUT2D eigenvalue weighted by Crippen LogP contribution is 2.42. The van der Waals surface area contributed by atoms with Crippen molar-refractivity contribution in [3.05, 3.63) is 17.7 Å². The molecule has 1 rings (SSSR count). The van der Waals surface area contributed by atoms with E-state index in [1.54, 1.807) is 40.4 Å². The van der Waals surface area contributed by atoms with E-state index in [1.807, 2.05) is 0 Å². The highest BCUT2D eigenvalue weighted by molar-refractivity contribution is 5.80. The van der Waals surface area contributed by atoms with E-state index < -0.39 is 5.92 Å². The Kier molecular flexibility index (Phi) is 9.17. The fourth-order valence-electron chi connectivity index (χ4n) is 2.86. The lowest BCUT2D eigenvalue weighted by Gasteiger charge is -2.21. The molecule has 2 unspecified atom stereocenters. The lowest BCUT2D eigenvalue weighted by molar-refractivity contribution is -0.146. The van der Waals surface area contributed by atoms with Crippen LogP contribution in [0.5, 0.6) is 17.2 Å². The predicted octanol–water partition coefficient (Wildman–Crippen LogP) is 4.58. The number of methoxy groups -OCH3 is 3. The summed E-state index contributed by atoms with van der Waals surface area (Å²) >= 11 is 0. The van der Waals surface area contributed by atoms with Gasteiger partial charge in [0.1, 0.15) is 5.75 Å². The Morgan fingerprint density at radius 3 is 2.20 bits per heavy atom. The van der Waals surface area contributed by atoms with Crippen molar-refractivity contribution >= 4 is 5.97 Å². The molecule has 0 N–H and O–H groups in total. The van der Waals surface area contributed by atoms with Gasteiger partial charge in [0.25, 0.3) is 0 Å². The maximum absolute atomic E-state index is 12.6. The number of hydrogen-bond acceptors (Lipinski definition) is 5. The summed E-state index contributed by atoms with van der Waals surface area (Å²) in [6.07, 6.45) is 4.40. The normalized spacial score (nSPS) is 13.0. The molecule has 0 aliphatic rings. The van der Waals surface area contributed by atoms with Crippen molar-refractivity contribution in [2.45, 2.75) is 52.4 Å². The van der Waals surface area contributed by atoms with Crippen LogP contribution in [0.2, 0.25) is 0 Å². The van der Waals surface area contributed by atoms with Gasteiger partial charge >= 0.3 is 5.97 Å². The number of hydrogen-bond donors (Lipinski definition) is 0.